The maximum absolute atomic E-state index is 12.5. The smallest absolute Gasteiger partial charge is 0.341 e. The zero-order valence-electron chi connectivity index (χ0n) is 14.6. The summed E-state index contributed by atoms with van der Waals surface area (Å²) >= 11 is 0. The summed E-state index contributed by atoms with van der Waals surface area (Å²) in [7, 11) is -1.31. The van der Waals surface area contributed by atoms with Crippen molar-refractivity contribution >= 4 is 15.7 Å². The van der Waals surface area contributed by atoms with E-state index in [1.54, 1.807) is 32.3 Å². The minimum atomic E-state index is -4.61. The van der Waals surface area contributed by atoms with Gasteiger partial charge < -0.3 is 9.64 Å². The fourth-order valence-corrected chi connectivity index (χ4v) is 2.91. The third kappa shape index (κ3) is 4.37. The Labute approximate surface area is 151 Å². The fraction of sp³-hybridized carbons (Fsp3) is 0.278. The van der Waals surface area contributed by atoms with Crippen LogP contribution < -0.4 is 4.74 Å². The predicted molar refractivity (Wildman–Crippen MR) is 93.2 cm³/mol. The number of halogens is 2. The van der Waals surface area contributed by atoms with Gasteiger partial charge in [-0.15, -0.1) is 0 Å². The van der Waals surface area contributed by atoms with Gasteiger partial charge in [-0.1, -0.05) is 18.2 Å². The molecule has 2 rings (SSSR count). The lowest BCUT2D eigenvalue weighted by molar-refractivity contribution is 0.0827. The standard InChI is InChI=1S/C18H19F2NO4S/c1-12-4-7-14(17(22)21(2)3)10-16(12)25-11-13-5-8-15(9-6-13)26(23,24)18(19)20/h4-10,18H,11H2,1-3H3. The monoisotopic (exact) mass is 383 g/mol. The molecule has 0 aliphatic heterocycles. The average Bonchev–Trinajstić information content (AvgIpc) is 2.60. The summed E-state index contributed by atoms with van der Waals surface area (Å²) in [5.74, 6) is -3.09. The molecule has 1 amide bonds. The van der Waals surface area contributed by atoms with Gasteiger partial charge in [0.1, 0.15) is 12.4 Å². The van der Waals surface area contributed by atoms with Crippen LogP contribution in [0.5, 0.6) is 5.75 Å². The van der Waals surface area contributed by atoms with Crippen LogP contribution in [0, 0.1) is 6.92 Å². The van der Waals surface area contributed by atoms with E-state index in [0.29, 0.717) is 16.9 Å². The molecule has 0 unspecified atom stereocenters. The molecule has 0 spiro atoms. The molecule has 0 heterocycles. The van der Waals surface area contributed by atoms with Crippen molar-refractivity contribution in [2.75, 3.05) is 14.1 Å². The summed E-state index contributed by atoms with van der Waals surface area (Å²) in [4.78, 5) is 13.0. The second-order valence-electron chi connectivity index (χ2n) is 5.92. The van der Waals surface area contributed by atoms with Crippen LogP contribution in [-0.4, -0.2) is 39.1 Å². The van der Waals surface area contributed by atoms with E-state index in [4.69, 9.17) is 4.74 Å². The molecule has 0 atom stereocenters. The van der Waals surface area contributed by atoms with Gasteiger partial charge in [0, 0.05) is 19.7 Å². The van der Waals surface area contributed by atoms with Gasteiger partial charge in [0.2, 0.25) is 9.84 Å². The van der Waals surface area contributed by atoms with Crippen molar-refractivity contribution in [1.29, 1.82) is 0 Å². The van der Waals surface area contributed by atoms with E-state index in [0.717, 1.165) is 17.7 Å². The number of aryl methyl sites for hydroxylation is 1. The summed E-state index contributed by atoms with van der Waals surface area (Å²) in [5, 5.41) is 0. The lowest BCUT2D eigenvalue weighted by Gasteiger charge is -2.14. The molecule has 0 aliphatic carbocycles. The first-order chi connectivity index (χ1) is 12.1. The first kappa shape index (κ1) is 19.8. The third-order valence-electron chi connectivity index (χ3n) is 3.72. The van der Waals surface area contributed by atoms with Crippen LogP contribution >= 0.6 is 0 Å². The van der Waals surface area contributed by atoms with Crippen molar-refractivity contribution in [1.82, 2.24) is 4.90 Å². The largest absolute Gasteiger partial charge is 0.489 e. The normalized spacial score (nSPS) is 11.5. The fourth-order valence-electron chi connectivity index (χ4n) is 2.19. The van der Waals surface area contributed by atoms with Crippen LogP contribution in [0.2, 0.25) is 0 Å². The molecule has 0 saturated carbocycles. The Morgan fingerprint density at radius 2 is 1.73 bits per heavy atom. The van der Waals surface area contributed by atoms with Crippen molar-refractivity contribution in [2.24, 2.45) is 0 Å². The highest BCUT2D eigenvalue weighted by atomic mass is 32.2. The number of hydrogen-bond donors (Lipinski definition) is 0. The minimum Gasteiger partial charge on any atom is -0.489 e. The van der Waals surface area contributed by atoms with Crippen molar-refractivity contribution in [3.63, 3.8) is 0 Å². The van der Waals surface area contributed by atoms with E-state index in [2.05, 4.69) is 0 Å². The van der Waals surface area contributed by atoms with E-state index < -0.39 is 20.5 Å². The molecule has 26 heavy (non-hydrogen) atoms. The second-order valence-corrected chi connectivity index (χ2v) is 7.84. The van der Waals surface area contributed by atoms with E-state index in [1.165, 1.54) is 17.0 Å². The number of rotatable bonds is 6. The zero-order chi connectivity index (χ0) is 19.5. The molecule has 0 aliphatic rings. The second kappa shape index (κ2) is 7.82. The van der Waals surface area contributed by atoms with E-state index in [9.17, 15) is 22.0 Å². The maximum atomic E-state index is 12.5. The first-order valence-corrected chi connectivity index (χ1v) is 9.23. The highest BCUT2D eigenvalue weighted by Gasteiger charge is 2.26. The number of ether oxygens (including phenoxy) is 1. The predicted octanol–water partition coefficient (Wildman–Crippen LogP) is 3.27. The lowest BCUT2D eigenvalue weighted by atomic mass is 10.1. The third-order valence-corrected chi connectivity index (χ3v) is 5.12. The van der Waals surface area contributed by atoms with E-state index in [-0.39, 0.29) is 12.5 Å². The highest BCUT2D eigenvalue weighted by Crippen LogP contribution is 2.23. The Kier molecular flexibility index (Phi) is 5.97. The van der Waals surface area contributed by atoms with Crippen LogP contribution in [0.25, 0.3) is 0 Å². The summed E-state index contributed by atoms with van der Waals surface area (Å²) in [6.07, 6.45) is 0. The van der Waals surface area contributed by atoms with Crippen LogP contribution in [0.3, 0.4) is 0 Å². The number of nitrogens with zero attached hydrogens (tertiary/aromatic N) is 1. The van der Waals surface area contributed by atoms with E-state index >= 15 is 0 Å². The molecular weight excluding hydrogens is 364 g/mol. The number of benzene rings is 2. The molecule has 0 saturated heterocycles. The van der Waals surface area contributed by atoms with Gasteiger partial charge in [-0.2, -0.15) is 8.78 Å². The van der Waals surface area contributed by atoms with Gasteiger partial charge in [-0.25, -0.2) is 8.42 Å². The molecule has 0 aromatic heterocycles. The van der Waals surface area contributed by atoms with Gasteiger partial charge in [-0.05, 0) is 42.3 Å². The lowest BCUT2D eigenvalue weighted by Crippen LogP contribution is -2.21. The van der Waals surface area contributed by atoms with Crippen molar-refractivity contribution in [2.45, 2.75) is 24.2 Å². The molecule has 0 fully saturated rings. The number of hydrogen-bond acceptors (Lipinski definition) is 4. The number of carbonyl (C=O) groups excluding carboxylic acids is 1. The minimum absolute atomic E-state index is 0.107. The van der Waals surface area contributed by atoms with Crippen molar-refractivity contribution in [3.8, 4) is 5.75 Å². The first-order valence-electron chi connectivity index (χ1n) is 7.69. The molecule has 8 heteroatoms. The number of carbonyl (C=O) groups is 1. The summed E-state index contributed by atoms with van der Waals surface area (Å²) in [6, 6.07) is 10.2. The quantitative estimate of drug-likeness (QED) is 0.768. The van der Waals surface area contributed by atoms with Crippen LogP contribution in [0.1, 0.15) is 21.5 Å². The van der Waals surface area contributed by atoms with Crippen LogP contribution in [0.4, 0.5) is 8.78 Å². The Hall–Kier alpha value is -2.48. The van der Waals surface area contributed by atoms with Gasteiger partial charge >= 0.3 is 5.76 Å². The van der Waals surface area contributed by atoms with E-state index in [1.807, 2.05) is 6.92 Å². The van der Waals surface area contributed by atoms with Gasteiger partial charge in [0.15, 0.2) is 0 Å². The molecular formula is C18H19F2NO4S. The number of alkyl halides is 2. The van der Waals surface area contributed by atoms with Crippen LogP contribution in [-0.2, 0) is 16.4 Å². The summed E-state index contributed by atoms with van der Waals surface area (Å²) in [6.45, 7) is 1.94. The molecule has 2 aromatic carbocycles. The van der Waals surface area contributed by atoms with Gasteiger partial charge in [-0.3, -0.25) is 4.79 Å². The molecule has 0 radical (unpaired) electrons. The Balaban J connectivity index is 2.14. The average molecular weight is 383 g/mol. The summed E-state index contributed by atoms with van der Waals surface area (Å²) in [5.41, 5.74) is 1.92. The number of amides is 1. The maximum Gasteiger partial charge on any atom is 0.341 e. The molecule has 2 aromatic rings. The van der Waals surface area contributed by atoms with Crippen molar-refractivity contribution in [3.05, 3.63) is 59.2 Å². The number of sulfone groups is 1. The highest BCUT2D eigenvalue weighted by molar-refractivity contribution is 7.91. The summed E-state index contributed by atoms with van der Waals surface area (Å²) < 4.78 is 53.6. The zero-order valence-corrected chi connectivity index (χ0v) is 15.4. The van der Waals surface area contributed by atoms with Gasteiger partial charge in [0.25, 0.3) is 5.91 Å². The van der Waals surface area contributed by atoms with Crippen LogP contribution in [0.15, 0.2) is 47.4 Å². The molecule has 140 valence electrons. The Morgan fingerprint density at radius 1 is 1.12 bits per heavy atom. The SMILES string of the molecule is Cc1ccc(C(=O)N(C)C)cc1OCc1ccc(S(=O)(=O)C(F)F)cc1. The van der Waals surface area contributed by atoms with Crippen molar-refractivity contribution < 1.29 is 26.7 Å². The Bertz CT molecular complexity index is 894. The molecule has 5 nitrogen and oxygen atoms in total. The molecule has 0 N–H and O–H groups in total. The molecule has 0 bridgehead atoms. The Morgan fingerprint density at radius 3 is 2.27 bits per heavy atom. The van der Waals surface area contributed by atoms with Gasteiger partial charge in [0.05, 0.1) is 4.90 Å². The topological polar surface area (TPSA) is 63.7 Å².